The van der Waals surface area contributed by atoms with Crippen molar-refractivity contribution in [2.75, 3.05) is 6.54 Å². The van der Waals surface area contributed by atoms with Gasteiger partial charge in [0, 0.05) is 24.7 Å². The zero-order valence-corrected chi connectivity index (χ0v) is 13.9. The first-order valence-electron chi connectivity index (χ1n) is 7.85. The molecule has 0 aliphatic rings. The first-order chi connectivity index (χ1) is 11.6. The molecule has 0 aromatic carbocycles. The third kappa shape index (κ3) is 3.39. The topological polar surface area (TPSA) is 102 Å². The Morgan fingerprint density at radius 3 is 3.00 bits per heavy atom. The number of aromatic nitrogens is 6. The lowest BCUT2D eigenvalue weighted by atomic mass is 10.1. The van der Waals surface area contributed by atoms with Gasteiger partial charge in [0.25, 0.3) is 5.91 Å². The molecule has 0 saturated heterocycles. The van der Waals surface area contributed by atoms with Gasteiger partial charge in [-0.25, -0.2) is 4.52 Å². The number of carbonyl (C=O) groups excluding carboxylic acids is 1. The standard InChI is InChI=1S/C15H19N7O2/c1-4-21(9-12-16-14(24-18-12)7-10(2)3)15(23)11-5-6-22-13(8-11)17-19-20-22/h5-6,8,10H,4,7,9H2,1-3H3. The van der Waals surface area contributed by atoms with E-state index < -0.39 is 0 Å². The highest BCUT2D eigenvalue weighted by Crippen LogP contribution is 2.11. The molecule has 0 aliphatic carbocycles. The van der Waals surface area contributed by atoms with Gasteiger partial charge in [0.1, 0.15) is 0 Å². The summed E-state index contributed by atoms with van der Waals surface area (Å²) in [5, 5.41) is 15.2. The number of rotatable bonds is 6. The Balaban J connectivity index is 1.75. The van der Waals surface area contributed by atoms with E-state index in [0.717, 1.165) is 6.42 Å². The predicted molar refractivity (Wildman–Crippen MR) is 84.0 cm³/mol. The number of hydrogen-bond acceptors (Lipinski definition) is 7. The van der Waals surface area contributed by atoms with Gasteiger partial charge in [0.05, 0.1) is 6.54 Å². The van der Waals surface area contributed by atoms with Gasteiger partial charge in [-0.2, -0.15) is 4.98 Å². The van der Waals surface area contributed by atoms with Crippen LogP contribution in [0.5, 0.6) is 0 Å². The van der Waals surface area contributed by atoms with Crippen molar-refractivity contribution in [3.63, 3.8) is 0 Å². The van der Waals surface area contributed by atoms with Gasteiger partial charge in [0.15, 0.2) is 11.5 Å². The number of tetrazole rings is 1. The fourth-order valence-electron chi connectivity index (χ4n) is 2.34. The Labute approximate surface area is 138 Å². The quantitative estimate of drug-likeness (QED) is 0.673. The molecule has 0 unspecified atom stereocenters. The molecule has 1 amide bonds. The van der Waals surface area contributed by atoms with E-state index in [1.165, 1.54) is 4.52 Å². The van der Waals surface area contributed by atoms with Gasteiger partial charge >= 0.3 is 0 Å². The molecule has 9 nitrogen and oxygen atoms in total. The lowest BCUT2D eigenvalue weighted by molar-refractivity contribution is 0.0747. The molecule has 0 bridgehead atoms. The average molecular weight is 329 g/mol. The van der Waals surface area contributed by atoms with Crippen molar-refractivity contribution in [2.24, 2.45) is 5.92 Å². The van der Waals surface area contributed by atoms with E-state index in [4.69, 9.17) is 4.52 Å². The molecule has 3 rings (SSSR count). The zero-order valence-electron chi connectivity index (χ0n) is 13.9. The summed E-state index contributed by atoms with van der Waals surface area (Å²) in [5.41, 5.74) is 1.04. The van der Waals surface area contributed by atoms with E-state index in [1.54, 1.807) is 23.2 Å². The Bertz CT molecular complexity index is 839. The van der Waals surface area contributed by atoms with Crippen LogP contribution in [0.4, 0.5) is 0 Å². The van der Waals surface area contributed by atoms with Gasteiger partial charge in [0.2, 0.25) is 5.89 Å². The summed E-state index contributed by atoms with van der Waals surface area (Å²) in [6.07, 6.45) is 2.38. The van der Waals surface area contributed by atoms with Gasteiger partial charge in [-0.3, -0.25) is 4.79 Å². The number of nitrogens with zero attached hydrogens (tertiary/aromatic N) is 7. The number of carbonyl (C=O) groups is 1. The van der Waals surface area contributed by atoms with Crippen LogP contribution in [-0.2, 0) is 13.0 Å². The second kappa shape index (κ2) is 6.73. The van der Waals surface area contributed by atoms with Gasteiger partial charge in [-0.05, 0) is 35.4 Å². The number of pyridine rings is 1. The maximum atomic E-state index is 12.7. The SMILES string of the molecule is CCN(Cc1noc(CC(C)C)n1)C(=O)c1ccn2nnnc2c1. The minimum Gasteiger partial charge on any atom is -0.339 e. The van der Waals surface area contributed by atoms with Crippen molar-refractivity contribution in [1.29, 1.82) is 0 Å². The van der Waals surface area contributed by atoms with Crippen LogP contribution in [0.15, 0.2) is 22.9 Å². The highest BCUT2D eigenvalue weighted by Gasteiger charge is 2.18. The third-order valence-corrected chi connectivity index (χ3v) is 3.54. The molecule has 0 spiro atoms. The van der Waals surface area contributed by atoms with Gasteiger partial charge in [-0.15, -0.1) is 5.10 Å². The van der Waals surface area contributed by atoms with Crippen LogP contribution in [0.25, 0.3) is 5.65 Å². The second-order valence-corrected chi connectivity index (χ2v) is 5.92. The Kier molecular flexibility index (Phi) is 4.50. The largest absolute Gasteiger partial charge is 0.339 e. The fraction of sp³-hybridized carbons (Fsp3) is 0.467. The molecule has 0 aliphatic heterocycles. The lowest BCUT2D eigenvalue weighted by Gasteiger charge is -2.18. The number of amides is 1. The maximum absolute atomic E-state index is 12.7. The monoisotopic (exact) mass is 329 g/mol. The first-order valence-corrected chi connectivity index (χ1v) is 7.85. The molecule has 9 heteroatoms. The highest BCUT2D eigenvalue weighted by atomic mass is 16.5. The summed E-state index contributed by atoms with van der Waals surface area (Å²) < 4.78 is 6.73. The second-order valence-electron chi connectivity index (χ2n) is 5.92. The van der Waals surface area contributed by atoms with Crippen molar-refractivity contribution in [3.05, 3.63) is 35.6 Å². The predicted octanol–water partition coefficient (Wildman–Crippen LogP) is 1.37. The van der Waals surface area contributed by atoms with Crippen LogP contribution in [0.1, 0.15) is 42.8 Å². The minimum absolute atomic E-state index is 0.127. The Hall–Kier alpha value is -2.84. The van der Waals surface area contributed by atoms with Crippen molar-refractivity contribution < 1.29 is 9.32 Å². The van der Waals surface area contributed by atoms with Gasteiger partial charge in [-0.1, -0.05) is 19.0 Å². The summed E-state index contributed by atoms with van der Waals surface area (Å²) in [6.45, 7) is 6.91. The Morgan fingerprint density at radius 1 is 1.42 bits per heavy atom. The van der Waals surface area contributed by atoms with E-state index in [-0.39, 0.29) is 5.91 Å². The smallest absolute Gasteiger partial charge is 0.254 e. The van der Waals surface area contributed by atoms with Crippen LogP contribution in [-0.4, -0.2) is 47.5 Å². The van der Waals surface area contributed by atoms with Gasteiger partial charge < -0.3 is 9.42 Å². The molecule has 0 fully saturated rings. The van der Waals surface area contributed by atoms with Crippen LogP contribution in [0, 0.1) is 5.92 Å². The lowest BCUT2D eigenvalue weighted by Crippen LogP contribution is -2.30. The summed E-state index contributed by atoms with van der Waals surface area (Å²) in [7, 11) is 0. The van der Waals surface area contributed by atoms with E-state index in [0.29, 0.717) is 41.9 Å². The molecule has 3 aromatic rings. The van der Waals surface area contributed by atoms with Crippen LogP contribution in [0.3, 0.4) is 0 Å². The number of hydrogen-bond donors (Lipinski definition) is 0. The van der Waals surface area contributed by atoms with Crippen molar-refractivity contribution in [2.45, 2.75) is 33.7 Å². The summed E-state index contributed by atoms with van der Waals surface area (Å²) >= 11 is 0. The van der Waals surface area contributed by atoms with Crippen molar-refractivity contribution in [1.82, 2.24) is 35.1 Å². The molecule has 3 heterocycles. The normalized spacial score (nSPS) is 11.3. The summed E-state index contributed by atoms with van der Waals surface area (Å²) in [4.78, 5) is 18.7. The molecule has 0 radical (unpaired) electrons. The fourth-order valence-corrected chi connectivity index (χ4v) is 2.34. The third-order valence-electron chi connectivity index (χ3n) is 3.54. The molecule has 0 saturated carbocycles. The molecule has 0 atom stereocenters. The molecule has 3 aromatic heterocycles. The molecular formula is C15H19N7O2. The van der Waals surface area contributed by atoms with Crippen LogP contribution < -0.4 is 0 Å². The Morgan fingerprint density at radius 2 is 2.25 bits per heavy atom. The highest BCUT2D eigenvalue weighted by molar-refractivity contribution is 5.94. The van der Waals surface area contributed by atoms with Crippen LogP contribution >= 0.6 is 0 Å². The molecular weight excluding hydrogens is 310 g/mol. The van der Waals surface area contributed by atoms with Crippen molar-refractivity contribution >= 4 is 11.6 Å². The average Bonchev–Trinajstić information content (AvgIpc) is 3.19. The first kappa shape index (κ1) is 16.0. The van der Waals surface area contributed by atoms with Crippen LogP contribution in [0.2, 0.25) is 0 Å². The molecule has 0 N–H and O–H groups in total. The zero-order chi connectivity index (χ0) is 17.1. The van der Waals surface area contributed by atoms with E-state index in [9.17, 15) is 4.79 Å². The minimum atomic E-state index is -0.127. The van der Waals surface area contributed by atoms with E-state index in [2.05, 4.69) is 39.5 Å². The summed E-state index contributed by atoms with van der Waals surface area (Å²) in [5.74, 6) is 1.41. The molecule has 24 heavy (non-hydrogen) atoms. The van der Waals surface area contributed by atoms with Crippen molar-refractivity contribution in [3.8, 4) is 0 Å². The molecule has 126 valence electrons. The van der Waals surface area contributed by atoms with E-state index in [1.807, 2.05) is 6.92 Å². The maximum Gasteiger partial charge on any atom is 0.254 e. The number of fused-ring (bicyclic) bond motifs is 1. The van der Waals surface area contributed by atoms with E-state index >= 15 is 0 Å². The summed E-state index contributed by atoms with van der Waals surface area (Å²) in [6, 6.07) is 3.35.